The van der Waals surface area contributed by atoms with Crippen LogP contribution in [-0.2, 0) is 9.59 Å². The van der Waals surface area contributed by atoms with E-state index in [1.54, 1.807) is 11.1 Å². The van der Waals surface area contributed by atoms with Gasteiger partial charge in [-0.1, -0.05) is 63.2 Å². The van der Waals surface area contributed by atoms with Gasteiger partial charge in [0.15, 0.2) is 0 Å². The molecule has 0 saturated carbocycles. The molecule has 5 nitrogen and oxygen atoms in total. The highest BCUT2D eigenvalue weighted by Gasteiger charge is 2.45. The molecule has 2 heterocycles. The van der Waals surface area contributed by atoms with Crippen LogP contribution < -0.4 is 0 Å². The number of aromatic nitrogens is 1. The molecular weight excluding hydrogens is 376 g/mol. The number of hydrogen-bond acceptors (Lipinski definition) is 3. The highest BCUT2D eigenvalue weighted by Crippen LogP contribution is 2.40. The fourth-order valence-corrected chi connectivity index (χ4v) is 4.17. The summed E-state index contributed by atoms with van der Waals surface area (Å²) in [4.78, 5) is 30.5. The van der Waals surface area contributed by atoms with Crippen molar-refractivity contribution in [2.24, 2.45) is 0 Å². The third kappa shape index (κ3) is 3.20. The van der Waals surface area contributed by atoms with E-state index in [2.05, 4.69) is 18.8 Å². The Balaban J connectivity index is 1.89. The summed E-state index contributed by atoms with van der Waals surface area (Å²) in [5.41, 5.74) is 3.55. The van der Waals surface area contributed by atoms with Gasteiger partial charge in [0, 0.05) is 29.2 Å². The Morgan fingerprint density at radius 3 is 2.47 bits per heavy atom. The monoisotopic (exact) mass is 402 g/mol. The lowest BCUT2D eigenvalue weighted by atomic mass is 9.93. The topological polar surface area (TPSA) is 73.4 Å². The van der Waals surface area contributed by atoms with Crippen molar-refractivity contribution in [3.63, 3.8) is 0 Å². The van der Waals surface area contributed by atoms with Crippen molar-refractivity contribution in [1.29, 1.82) is 0 Å². The predicted molar refractivity (Wildman–Crippen MR) is 118 cm³/mol. The first-order chi connectivity index (χ1) is 14.4. The molecule has 154 valence electrons. The number of nitrogens with zero attached hydrogens (tertiary/aromatic N) is 1. The summed E-state index contributed by atoms with van der Waals surface area (Å²) in [5, 5.41) is 12.0. The number of fused-ring (bicyclic) bond motifs is 1. The number of ketones is 1. The molecule has 1 aliphatic rings. The Bertz CT molecular complexity index is 1140. The highest BCUT2D eigenvalue weighted by atomic mass is 16.3. The summed E-state index contributed by atoms with van der Waals surface area (Å²) >= 11 is 0. The number of carbonyl (C=O) groups is 2. The van der Waals surface area contributed by atoms with Crippen LogP contribution >= 0.6 is 0 Å². The smallest absolute Gasteiger partial charge is 0.295 e. The van der Waals surface area contributed by atoms with Crippen LogP contribution in [0.5, 0.6) is 0 Å². The van der Waals surface area contributed by atoms with Crippen molar-refractivity contribution in [2.45, 2.75) is 39.2 Å². The van der Waals surface area contributed by atoms with E-state index in [1.807, 2.05) is 55.5 Å². The first-order valence-corrected chi connectivity index (χ1v) is 10.4. The van der Waals surface area contributed by atoms with Crippen LogP contribution in [0.15, 0.2) is 60.3 Å². The number of aliphatic hydroxyl groups is 1. The van der Waals surface area contributed by atoms with Crippen molar-refractivity contribution in [1.82, 2.24) is 9.88 Å². The minimum atomic E-state index is -0.635. The number of amides is 1. The molecule has 0 aliphatic carbocycles. The molecule has 1 unspecified atom stereocenters. The van der Waals surface area contributed by atoms with Gasteiger partial charge in [-0.05, 0) is 29.5 Å². The molecule has 1 aliphatic heterocycles. The van der Waals surface area contributed by atoms with Gasteiger partial charge >= 0.3 is 0 Å². The van der Waals surface area contributed by atoms with Gasteiger partial charge in [-0.3, -0.25) is 9.59 Å². The molecule has 30 heavy (non-hydrogen) atoms. The van der Waals surface area contributed by atoms with Gasteiger partial charge in [0.05, 0.1) is 11.6 Å². The van der Waals surface area contributed by atoms with Crippen molar-refractivity contribution < 1.29 is 14.7 Å². The van der Waals surface area contributed by atoms with Crippen LogP contribution in [0.4, 0.5) is 0 Å². The third-order valence-corrected chi connectivity index (χ3v) is 5.77. The number of aromatic amines is 1. The summed E-state index contributed by atoms with van der Waals surface area (Å²) in [7, 11) is 0. The molecule has 0 spiro atoms. The lowest BCUT2D eigenvalue weighted by Crippen LogP contribution is -2.30. The number of Topliss-reactive ketones (excluding diaryl/α,β-unsaturated/α-hetero) is 1. The molecule has 5 heteroatoms. The molecule has 1 atom stereocenters. The Labute approximate surface area is 176 Å². The zero-order valence-electron chi connectivity index (χ0n) is 17.5. The second kappa shape index (κ2) is 7.82. The molecule has 1 saturated heterocycles. The number of benzene rings is 2. The third-order valence-electron chi connectivity index (χ3n) is 5.77. The molecule has 1 aromatic heterocycles. The Morgan fingerprint density at radius 2 is 1.80 bits per heavy atom. The quantitative estimate of drug-likeness (QED) is 0.353. The summed E-state index contributed by atoms with van der Waals surface area (Å²) in [5.74, 6) is -0.949. The number of rotatable bonds is 5. The molecule has 3 aromatic rings. The lowest BCUT2D eigenvalue weighted by molar-refractivity contribution is -0.139. The fourth-order valence-electron chi connectivity index (χ4n) is 4.17. The average molecular weight is 402 g/mol. The number of hydrogen-bond donors (Lipinski definition) is 2. The fraction of sp³-hybridized carbons (Fsp3) is 0.280. The van der Waals surface area contributed by atoms with Crippen LogP contribution in [0, 0.1) is 0 Å². The maximum Gasteiger partial charge on any atom is 0.295 e. The van der Waals surface area contributed by atoms with Crippen LogP contribution in [0.1, 0.15) is 55.8 Å². The molecular formula is C25H26N2O3. The molecule has 1 fully saturated rings. The minimum Gasteiger partial charge on any atom is -0.507 e. The maximum absolute atomic E-state index is 13.0. The molecule has 0 radical (unpaired) electrons. The lowest BCUT2D eigenvalue weighted by Gasteiger charge is -2.25. The Kier molecular flexibility index (Phi) is 5.20. The SMILES string of the molecule is CCCN1C(=O)C(=O)/C(=C(\O)c2c[nH]c3ccccc23)C1c1ccc(C(C)C)cc1. The standard InChI is InChI=1S/C25H26N2O3/c1-4-13-27-22(17-11-9-16(10-12-17)15(2)3)21(24(29)25(27)30)23(28)19-14-26-20-8-6-5-7-18(19)20/h5-12,14-15,22,26,28H,4,13H2,1-3H3/b23-21-. The number of para-hydroxylation sites is 1. The summed E-state index contributed by atoms with van der Waals surface area (Å²) < 4.78 is 0. The second-order valence-corrected chi connectivity index (χ2v) is 8.06. The van der Waals surface area contributed by atoms with Crippen LogP contribution in [0.2, 0.25) is 0 Å². The van der Waals surface area contributed by atoms with Gasteiger partial charge in [0.25, 0.3) is 11.7 Å². The van der Waals surface area contributed by atoms with Crippen molar-refractivity contribution in [2.75, 3.05) is 6.54 Å². The van der Waals surface area contributed by atoms with E-state index < -0.39 is 17.7 Å². The van der Waals surface area contributed by atoms with Crippen molar-refractivity contribution in [3.8, 4) is 0 Å². The average Bonchev–Trinajstić information content (AvgIpc) is 3.28. The second-order valence-electron chi connectivity index (χ2n) is 8.06. The van der Waals surface area contributed by atoms with Gasteiger partial charge < -0.3 is 15.0 Å². The van der Waals surface area contributed by atoms with E-state index in [0.717, 1.165) is 22.9 Å². The zero-order chi connectivity index (χ0) is 21.4. The Morgan fingerprint density at radius 1 is 1.10 bits per heavy atom. The van der Waals surface area contributed by atoms with Gasteiger partial charge in [-0.25, -0.2) is 0 Å². The Hall–Kier alpha value is -3.34. The first kappa shape index (κ1) is 20.0. The van der Waals surface area contributed by atoms with Crippen LogP contribution in [0.25, 0.3) is 16.7 Å². The van der Waals surface area contributed by atoms with Crippen molar-refractivity contribution >= 4 is 28.4 Å². The number of likely N-dealkylation sites (tertiary alicyclic amines) is 1. The van der Waals surface area contributed by atoms with Crippen LogP contribution in [0.3, 0.4) is 0 Å². The van der Waals surface area contributed by atoms with E-state index in [-0.39, 0.29) is 11.3 Å². The summed E-state index contributed by atoms with van der Waals surface area (Å²) in [6.07, 6.45) is 2.41. The first-order valence-electron chi connectivity index (χ1n) is 10.4. The zero-order valence-corrected chi connectivity index (χ0v) is 17.5. The molecule has 0 bridgehead atoms. The van der Waals surface area contributed by atoms with Gasteiger partial charge in [0.2, 0.25) is 0 Å². The van der Waals surface area contributed by atoms with Gasteiger partial charge in [-0.2, -0.15) is 0 Å². The van der Waals surface area contributed by atoms with E-state index >= 15 is 0 Å². The van der Waals surface area contributed by atoms with Gasteiger partial charge in [-0.15, -0.1) is 0 Å². The number of nitrogens with one attached hydrogen (secondary N) is 1. The van der Waals surface area contributed by atoms with E-state index in [0.29, 0.717) is 18.0 Å². The molecule has 4 rings (SSSR count). The minimum absolute atomic E-state index is 0.137. The van der Waals surface area contributed by atoms with Crippen molar-refractivity contribution in [3.05, 3.63) is 77.0 Å². The summed E-state index contributed by atoms with van der Waals surface area (Å²) in [6.45, 7) is 6.66. The molecule has 1 amide bonds. The predicted octanol–water partition coefficient (Wildman–Crippen LogP) is 5.12. The normalized spacial score (nSPS) is 18.7. The van der Waals surface area contributed by atoms with E-state index in [9.17, 15) is 14.7 Å². The van der Waals surface area contributed by atoms with Crippen LogP contribution in [-0.4, -0.2) is 33.2 Å². The highest BCUT2D eigenvalue weighted by molar-refractivity contribution is 6.46. The largest absolute Gasteiger partial charge is 0.507 e. The van der Waals surface area contributed by atoms with E-state index in [1.165, 1.54) is 5.56 Å². The molecule has 2 aromatic carbocycles. The molecule has 2 N–H and O–H groups in total. The number of aliphatic hydroxyl groups excluding tert-OH is 1. The van der Waals surface area contributed by atoms with Gasteiger partial charge in [0.1, 0.15) is 5.76 Å². The number of H-pyrrole nitrogens is 1. The maximum atomic E-state index is 13.0. The number of carbonyl (C=O) groups excluding carboxylic acids is 2. The summed E-state index contributed by atoms with van der Waals surface area (Å²) in [6, 6.07) is 14.9. The van der Waals surface area contributed by atoms with E-state index in [4.69, 9.17) is 0 Å².